The van der Waals surface area contributed by atoms with Crippen molar-refractivity contribution < 1.29 is 9.90 Å². The number of carboxylic acid groups (broad SMARTS) is 1. The van der Waals surface area contributed by atoms with Crippen LogP contribution in [0.15, 0.2) is 11.4 Å². The molecular weight excluding hydrogens is 246 g/mol. The lowest BCUT2D eigenvalue weighted by Gasteiger charge is -2.26. The highest BCUT2D eigenvalue weighted by molar-refractivity contribution is 7.10. The molecule has 3 nitrogen and oxygen atoms in total. The van der Waals surface area contributed by atoms with Crippen LogP contribution < -0.4 is 5.73 Å². The number of nitrogens with two attached hydrogens (primary N) is 1. The van der Waals surface area contributed by atoms with Crippen molar-refractivity contribution in [2.45, 2.75) is 31.7 Å². The third-order valence-corrected chi connectivity index (χ3v) is 4.80. The molecule has 1 aromatic heterocycles. The molecule has 2 rings (SSSR count). The van der Waals surface area contributed by atoms with Gasteiger partial charge in [0, 0.05) is 10.8 Å². The lowest BCUT2D eigenvalue weighted by Crippen LogP contribution is -2.39. The third kappa shape index (κ3) is 1.97. The van der Waals surface area contributed by atoms with E-state index in [0.717, 1.165) is 17.7 Å². The molecule has 5 heteroatoms. The summed E-state index contributed by atoms with van der Waals surface area (Å²) < 4.78 is 0. The summed E-state index contributed by atoms with van der Waals surface area (Å²) in [5.74, 6) is -1.12. The van der Waals surface area contributed by atoms with Crippen LogP contribution in [0.2, 0.25) is 5.02 Å². The van der Waals surface area contributed by atoms with E-state index in [1.165, 1.54) is 11.3 Å². The number of carboxylic acids is 1. The smallest absolute Gasteiger partial charge is 0.321 e. The Kier molecular flexibility index (Phi) is 2.99. The van der Waals surface area contributed by atoms with Gasteiger partial charge in [0.25, 0.3) is 0 Å². The Bertz CT molecular complexity index is 414. The number of aliphatic carboxylic acids is 1. The van der Waals surface area contributed by atoms with Crippen LogP contribution in [0.1, 0.15) is 30.6 Å². The van der Waals surface area contributed by atoms with Crippen molar-refractivity contribution in [1.82, 2.24) is 0 Å². The molecule has 0 spiro atoms. The number of thiophene rings is 1. The van der Waals surface area contributed by atoms with Crippen molar-refractivity contribution in [2.75, 3.05) is 0 Å². The van der Waals surface area contributed by atoms with Crippen LogP contribution in [-0.2, 0) is 4.79 Å². The fourth-order valence-corrected chi connectivity index (χ4v) is 3.59. The standard InChI is InChI=1S/C11H14ClNO2S/c1-11(3-4-11)7(8(13)10(14)15)9-6(12)2-5-16-9/h2,5,7-8H,3-4,13H2,1H3,(H,14,15)/t7-,8+/m1/s1. The van der Waals surface area contributed by atoms with E-state index in [-0.39, 0.29) is 11.3 Å². The number of rotatable bonds is 4. The molecule has 2 atom stereocenters. The van der Waals surface area contributed by atoms with E-state index in [2.05, 4.69) is 6.92 Å². The first kappa shape index (κ1) is 11.9. The minimum Gasteiger partial charge on any atom is -0.480 e. The van der Waals surface area contributed by atoms with Gasteiger partial charge in [-0.1, -0.05) is 18.5 Å². The van der Waals surface area contributed by atoms with Crippen molar-refractivity contribution in [3.63, 3.8) is 0 Å². The maximum Gasteiger partial charge on any atom is 0.321 e. The zero-order chi connectivity index (χ0) is 11.9. The van der Waals surface area contributed by atoms with E-state index in [0.29, 0.717) is 5.02 Å². The summed E-state index contributed by atoms with van der Waals surface area (Å²) in [5, 5.41) is 11.6. The van der Waals surface area contributed by atoms with Gasteiger partial charge in [-0.05, 0) is 29.7 Å². The lowest BCUT2D eigenvalue weighted by atomic mass is 9.83. The monoisotopic (exact) mass is 259 g/mol. The summed E-state index contributed by atoms with van der Waals surface area (Å²) in [5.41, 5.74) is 5.80. The quantitative estimate of drug-likeness (QED) is 0.874. The second kappa shape index (κ2) is 4.02. The van der Waals surface area contributed by atoms with Gasteiger partial charge in [-0.2, -0.15) is 0 Å². The normalized spacial score (nSPS) is 21.4. The molecule has 0 unspecified atom stereocenters. The summed E-state index contributed by atoms with van der Waals surface area (Å²) in [7, 11) is 0. The number of hydrogen-bond donors (Lipinski definition) is 2. The fourth-order valence-electron chi connectivity index (χ4n) is 2.09. The second-order valence-corrected chi connectivity index (χ2v) is 5.98. The molecule has 3 N–H and O–H groups in total. The van der Waals surface area contributed by atoms with Crippen molar-refractivity contribution in [2.24, 2.45) is 11.1 Å². The van der Waals surface area contributed by atoms with Gasteiger partial charge in [-0.3, -0.25) is 4.79 Å². The largest absolute Gasteiger partial charge is 0.480 e. The lowest BCUT2D eigenvalue weighted by molar-refractivity contribution is -0.139. The van der Waals surface area contributed by atoms with Crippen molar-refractivity contribution in [1.29, 1.82) is 0 Å². The molecule has 0 amide bonds. The van der Waals surface area contributed by atoms with Crippen molar-refractivity contribution in [3.8, 4) is 0 Å². The summed E-state index contributed by atoms with van der Waals surface area (Å²) in [6.07, 6.45) is 2.04. The van der Waals surface area contributed by atoms with Crippen LogP contribution in [0.25, 0.3) is 0 Å². The zero-order valence-electron chi connectivity index (χ0n) is 8.94. The van der Waals surface area contributed by atoms with E-state index < -0.39 is 12.0 Å². The van der Waals surface area contributed by atoms with Crippen LogP contribution >= 0.6 is 22.9 Å². The number of carbonyl (C=O) groups is 1. The molecule has 1 aliphatic carbocycles. The Balaban J connectivity index is 2.36. The molecule has 0 saturated heterocycles. The van der Waals surface area contributed by atoms with Crippen molar-refractivity contribution in [3.05, 3.63) is 21.3 Å². The maximum atomic E-state index is 11.1. The number of halogens is 1. The van der Waals surface area contributed by atoms with Crippen LogP contribution in [0.5, 0.6) is 0 Å². The summed E-state index contributed by atoms with van der Waals surface area (Å²) in [6.45, 7) is 2.08. The Morgan fingerprint density at radius 1 is 1.69 bits per heavy atom. The van der Waals surface area contributed by atoms with E-state index in [9.17, 15) is 4.79 Å². The molecular formula is C11H14ClNO2S. The minimum atomic E-state index is -0.956. The first-order valence-corrected chi connectivity index (χ1v) is 6.43. The Morgan fingerprint density at radius 3 is 2.69 bits per heavy atom. The minimum absolute atomic E-state index is 0.00625. The number of hydrogen-bond acceptors (Lipinski definition) is 3. The molecule has 1 aromatic rings. The summed E-state index contributed by atoms with van der Waals surface area (Å²) >= 11 is 7.57. The molecule has 0 bridgehead atoms. The van der Waals surface area contributed by atoms with Gasteiger partial charge < -0.3 is 10.8 Å². The molecule has 0 aromatic carbocycles. The second-order valence-electron chi connectivity index (χ2n) is 4.63. The molecule has 1 saturated carbocycles. The van der Waals surface area contributed by atoms with E-state index in [1.807, 2.05) is 5.38 Å². The topological polar surface area (TPSA) is 63.3 Å². The van der Waals surface area contributed by atoms with Gasteiger partial charge in [0.2, 0.25) is 0 Å². The molecule has 16 heavy (non-hydrogen) atoms. The summed E-state index contributed by atoms with van der Waals surface area (Å²) in [4.78, 5) is 12.0. The van der Waals surface area contributed by atoms with Gasteiger partial charge in [0.1, 0.15) is 6.04 Å². The highest BCUT2D eigenvalue weighted by Crippen LogP contribution is 2.58. The highest BCUT2D eigenvalue weighted by Gasteiger charge is 2.50. The van der Waals surface area contributed by atoms with Crippen LogP contribution in [0.4, 0.5) is 0 Å². The third-order valence-electron chi connectivity index (χ3n) is 3.36. The Morgan fingerprint density at radius 2 is 2.31 bits per heavy atom. The summed E-state index contributed by atoms with van der Waals surface area (Å²) in [6, 6.07) is 0.929. The maximum absolute atomic E-state index is 11.1. The first-order valence-electron chi connectivity index (χ1n) is 5.17. The molecule has 1 heterocycles. The van der Waals surface area contributed by atoms with Gasteiger partial charge in [-0.15, -0.1) is 11.3 Å². The van der Waals surface area contributed by atoms with Gasteiger partial charge in [0.05, 0.1) is 5.02 Å². The fraction of sp³-hybridized carbons (Fsp3) is 0.545. The molecule has 1 fully saturated rings. The van der Waals surface area contributed by atoms with E-state index >= 15 is 0 Å². The predicted octanol–water partition coefficient (Wildman–Crippen LogP) is 2.70. The van der Waals surface area contributed by atoms with Crippen molar-refractivity contribution >= 4 is 28.9 Å². The van der Waals surface area contributed by atoms with Gasteiger partial charge in [-0.25, -0.2) is 0 Å². The SMILES string of the molecule is CC1([C@@H](c2sccc2Cl)[C@H](N)C(=O)O)CC1. The zero-order valence-corrected chi connectivity index (χ0v) is 10.5. The van der Waals surface area contributed by atoms with E-state index in [1.54, 1.807) is 6.07 Å². The molecule has 1 aliphatic rings. The van der Waals surface area contributed by atoms with Crippen LogP contribution in [-0.4, -0.2) is 17.1 Å². The molecule has 0 radical (unpaired) electrons. The van der Waals surface area contributed by atoms with Gasteiger partial charge in [0.15, 0.2) is 0 Å². The molecule has 88 valence electrons. The highest BCUT2D eigenvalue weighted by atomic mass is 35.5. The first-order chi connectivity index (χ1) is 7.46. The Hall–Kier alpha value is -0.580. The van der Waals surface area contributed by atoms with Crippen LogP contribution in [0.3, 0.4) is 0 Å². The van der Waals surface area contributed by atoms with Crippen LogP contribution in [0, 0.1) is 5.41 Å². The van der Waals surface area contributed by atoms with Gasteiger partial charge >= 0.3 is 5.97 Å². The predicted molar refractivity (Wildman–Crippen MR) is 65.0 cm³/mol. The average molecular weight is 260 g/mol. The Labute approximate surface area is 103 Å². The van der Waals surface area contributed by atoms with E-state index in [4.69, 9.17) is 22.4 Å². The molecule has 0 aliphatic heterocycles. The average Bonchev–Trinajstić information content (AvgIpc) is 2.81.